The van der Waals surface area contributed by atoms with Gasteiger partial charge >= 0.3 is 5.97 Å². The number of nitrogens with zero attached hydrogens (tertiary/aromatic N) is 1. The molecule has 1 unspecified atom stereocenters. The fraction of sp³-hybridized carbons (Fsp3) is 0.263. The van der Waals surface area contributed by atoms with Crippen molar-refractivity contribution >= 4 is 23.3 Å². The first-order chi connectivity index (χ1) is 12.0. The number of nitrogens with two attached hydrogens (primary N) is 1. The van der Waals surface area contributed by atoms with E-state index in [1.54, 1.807) is 25.1 Å². The van der Waals surface area contributed by atoms with Gasteiger partial charge in [-0.15, -0.1) is 0 Å². The van der Waals surface area contributed by atoms with Crippen LogP contribution in [0.1, 0.15) is 19.4 Å². The monoisotopic (exact) mass is 340 g/mol. The maximum atomic E-state index is 13.1. The quantitative estimate of drug-likeness (QED) is 0.525. The molecule has 1 atom stereocenters. The lowest BCUT2D eigenvalue weighted by Gasteiger charge is -2.39. The molecule has 0 saturated heterocycles. The van der Waals surface area contributed by atoms with Crippen LogP contribution in [0.3, 0.4) is 0 Å². The van der Waals surface area contributed by atoms with E-state index in [0.717, 1.165) is 5.56 Å². The minimum Gasteiger partial charge on any atom is -0.464 e. The number of benzene rings is 2. The molecule has 0 aliphatic carbocycles. The molecule has 0 fully saturated rings. The average molecular weight is 340 g/mol. The van der Waals surface area contributed by atoms with Crippen molar-refractivity contribution in [1.82, 2.24) is 0 Å². The van der Waals surface area contributed by atoms with E-state index in [4.69, 9.17) is 15.2 Å². The van der Waals surface area contributed by atoms with Crippen LogP contribution in [0.2, 0.25) is 0 Å². The first-order valence-electron chi connectivity index (χ1n) is 8.07. The van der Waals surface area contributed by atoms with E-state index >= 15 is 0 Å². The van der Waals surface area contributed by atoms with Gasteiger partial charge in [-0.1, -0.05) is 30.3 Å². The molecule has 0 spiro atoms. The smallest absolute Gasteiger partial charge is 0.360 e. The predicted molar refractivity (Wildman–Crippen MR) is 94.2 cm³/mol. The van der Waals surface area contributed by atoms with Crippen LogP contribution in [-0.2, 0) is 20.9 Å². The standard InChI is InChI=1S/C19H20N2O4/c1-3-24-18(23)19(2)17(22)21(12-13-7-5-4-6-8-13)15-10-9-14(20)11-16(15)25-19/h4-11H,3,12,20H2,1-2H3. The van der Waals surface area contributed by atoms with Gasteiger partial charge in [-0.3, -0.25) is 4.79 Å². The van der Waals surface area contributed by atoms with E-state index < -0.39 is 17.5 Å². The number of nitrogen functional groups attached to an aromatic ring is 1. The SMILES string of the molecule is CCOC(=O)C1(C)Oc2cc(N)ccc2N(Cc2ccccc2)C1=O. The maximum absolute atomic E-state index is 13.1. The summed E-state index contributed by atoms with van der Waals surface area (Å²) in [6.07, 6.45) is 0. The first kappa shape index (κ1) is 16.8. The molecular weight excluding hydrogens is 320 g/mol. The van der Waals surface area contributed by atoms with Gasteiger partial charge in [0.15, 0.2) is 0 Å². The molecule has 0 aromatic heterocycles. The molecular formula is C19H20N2O4. The Labute approximate surface area is 146 Å². The molecule has 3 rings (SSSR count). The van der Waals surface area contributed by atoms with Gasteiger partial charge in [0.1, 0.15) is 5.75 Å². The van der Waals surface area contributed by atoms with Gasteiger partial charge in [0.2, 0.25) is 0 Å². The molecule has 6 nitrogen and oxygen atoms in total. The van der Waals surface area contributed by atoms with E-state index in [1.807, 2.05) is 30.3 Å². The third-order valence-corrected chi connectivity index (χ3v) is 4.09. The van der Waals surface area contributed by atoms with Gasteiger partial charge < -0.3 is 20.1 Å². The van der Waals surface area contributed by atoms with Crippen molar-refractivity contribution in [3.8, 4) is 5.75 Å². The summed E-state index contributed by atoms with van der Waals surface area (Å²) in [7, 11) is 0. The summed E-state index contributed by atoms with van der Waals surface area (Å²) in [6, 6.07) is 14.6. The zero-order chi connectivity index (χ0) is 18.0. The molecule has 130 valence electrons. The number of carbonyl (C=O) groups excluding carboxylic acids is 2. The number of amides is 1. The van der Waals surface area contributed by atoms with E-state index in [9.17, 15) is 9.59 Å². The fourth-order valence-corrected chi connectivity index (χ4v) is 2.79. The third kappa shape index (κ3) is 3.03. The number of rotatable bonds is 4. The van der Waals surface area contributed by atoms with Gasteiger partial charge in [-0.25, -0.2) is 4.79 Å². The van der Waals surface area contributed by atoms with Crippen LogP contribution in [-0.4, -0.2) is 24.1 Å². The van der Waals surface area contributed by atoms with Crippen molar-refractivity contribution in [1.29, 1.82) is 0 Å². The third-order valence-electron chi connectivity index (χ3n) is 4.09. The van der Waals surface area contributed by atoms with Gasteiger partial charge in [-0.05, 0) is 31.5 Å². The van der Waals surface area contributed by atoms with E-state index in [0.29, 0.717) is 23.7 Å². The molecule has 0 bridgehead atoms. The summed E-state index contributed by atoms with van der Waals surface area (Å²) in [5, 5.41) is 0. The number of carbonyl (C=O) groups is 2. The predicted octanol–water partition coefficient (Wildman–Crippen LogP) is 2.52. The Bertz CT molecular complexity index is 806. The Morgan fingerprint density at radius 3 is 2.64 bits per heavy atom. The lowest BCUT2D eigenvalue weighted by atomic mass is 10.00. The largest absolute Gasteiger partial charge is 0.464 e. The molecule has 0 saturated carbocycles. The van der Waals surface area contributed by atoms with Gasteiger partial charge in [0.05, 0.1) is 18.8 Å². The average Bonchev–Trinajstić information content (AvgIpc) is 2.60. The van der Waals surface area contributed by atoms with Crippen molar-refractivity contribution in [2.75, 3.05) is 17.2 Å². The molecule has 2 aromatic carbocycles. The maximum Gasteiger partial charge on any atom is 0.360 e. The second-order valence-electron chi connectivity index (χ2n) is 5.96. The lowest BCUT2D eigenvalue weighted by molar-refractivity contribution is -0.166. The summed E-state index contributed by atoms with van der Waals surface area (Å²) in [5.41, 5.74) is 6.09. The normalized spacial score (nSPS) is 19.1. The van der Waals surface area contributed by atoms with Crippen LogP contribution >= 0.6 is 0 Å². The van der Waals surface area contributed by atoms with Crippen LogP contribution in [0.5, 0.6) is 5.75 Å². The number of esters is 1. The van der Waals surface area contributed by atoms with Crippen molar-refractivity contribution in [3.05, 3.63) is 54.1 Å². The number of hydrogen-bond donors (Lipinski definition) is 1. The molecule has 1 amide bonds. The minimum absolute atomic E-state index is 0.160. The number of ether oxygens (including phenoxy) is 2. The second-order valence-corrected chi connectivity index (χ2v) is 5.96. The molecule has 6 heteroatoms. The molecule has 1 aliphatic rings. The van der Waals surface area contributed by atoms with Gasteiger partial charge in [0, 0.05) is 11.8 Å². The summed E-state index contributed by atoms with van der Waals surface area (Å²) in [6.45, 7) is 3.59. The molecule has 2 N–H and O–H groups in total. The second kappa shape index (κ2) is 6.47. The zero-order valence-corrected chi connectivity index (χ0v) is 14.2. The highest BCUT2D eigenvalue weighted by Gasteiger charge is 2.52. The number of anilines is 2. The van der Waals surface area contributed by atoms with Crippen LogP contribution in [0, 0.1) is 0 Å². The summed E-state index contributed by atoms with van der Waals surface area (Å²) in [5.74, 6) is -0.802. The van der Waals surface area contributed by atoms with Crippen molar-refractivity contribution < 1.29 is 19.1 Å². The van der Waals surface area contributed by atoms with Crippen LogP contribution in [0.25, 0.3) is 0 Å². The lowest BCUT2D eigenvalue weighted by Crippen LogP contribution is -2.59. The molecule has 0 radical (unpaired) electrons. The van der Waals surface area contributed by atoms with Crippen LogP contribution < -0.4 is 15.4 Å². The highest BCUT2D eigenvalue weighted by molar-refractivity contribution is 6.15. The fourth-order valence-electron chi connectivity index (χ4n) is 2.79. The van der Waals surface area contributed by atoms with E-state index in [2.05, 4.69) is 0 Å². The van der Waals surface area contributed by atoms with E-state index in [1.165, 1.54) is 11.8 Å². The number of hydrogen-bond acceptors (Lipinski definition) is 5. The Morgan fingerprint density at radius 1 is 1.24 bits per heavy atom. The van der Waals surface area contributed by atoms with Gasteiger partial charge in [-0.2, -0.15) is 0 Å². The summed E-state index contributed by atoms with van der Waals surface area (Å²) < 4.78 is 10.8. The topological polar surface area (TPSA) is 81.9 Å². The first-order valence-corrected chi connectivity index (χ1v) is 8.07. The van der Waals surface area contributed by atoms with Crippen LogP contribution in [0.4, 0.5) is 11.4 Å². The molecule has 1 heterocycles. The van der Waals surface area contributed by atoms with Crippen molar-refractivity contribution in [3.63, 3.8) is 0 Å². The number of fused-ring (bicyclic) bond motifs is 1. The Morgan fingerprint density at radius 2 is 1.96 bits per heavy atom. The highest BCUT2D eigenvalue weighted by atomic mass is 16.6. The molecule has 25 heavy (non-hydrogen) atoms. The van der Waals surface area contributed by atoms with Crippen molar-refractivity contribution in [2.24, 2.45) is 0 Å². The zero-order valence-electron chi connectivity index (χ0n) is 14.2. The summed E-state index contributed by atoms with van der Waals surface area (Å²) >= 11 is 0. The Balaban J connectivity index is 2.05. The highest BCUT2D eigenvalue weighted by Crippen LogP contribution is 2.40. The van der Waals surface area contributed by atoms with Crippen LogP contribution in [0.15, 0.2) is 48.5 Å². The minimum atomic E-state index is -1.74. The summed E-state index contributed by atoms with van der Waals surface area (Å²) in [4.78, 5) is 27.0. The van der Waals surface area contributed by atoms with Gasteiger partial charge in [0.25, 0.3) is 11.5 Å². The van der Waals surface area contributed by atoms with E-state index in [-0.39, 0.29) is 6.61 Å². The Hall–Kier alpha value is -3.02. The molecule has 1 aliphatic heterocycles. The Kier molecular flexibility index (Phi) is 4.35. The molecule has 2 aromatic rings. The van der Waals surface area contributed by atoms with Crippen molar-refractivity contribution in [2.45, 2.75) is 26.0 Å².